The summed E-state index contributed by atoms with van der Waals surface area (Å²) in [5.74, 6) is -1.37. The van der Waals surface area contributed by atoms with Gasteiger partial charge < -0.3 is 9.32 Å². The molecule has 7 heteroatoms. The Hall–Kier alpha value is -3.22. The third-order valence-electron chi connectivity index (χ3n) is 4.24. The molecular formula is C19H18FN3O3. The van der Waals surface area contributed by atoms with Gasteiger partial charge in [-0.3, -0.25) is 4.79 Å². The van der Waals surface area contributed by atoms with Crippen LogP contribution in [-0.2, 0) is 11.3 Å². The molecule has 1 amide bonds. The van der Waals surface area contributed by atoms with Crippen molar-refractivity contribution in [2.24, 2.45) is 0 Å². The number of benzene rings is 2. The first-order chi connectivity index (χ1) is 12.5. The van der Waals surface area contributed by atoms with Gasteiger partial charge in [-0.2, -0.15) is 4.68 Å². The van der Waals surface area contributed by atoms with Crippen LogP contribution in [0.1, 0.15) is 18.5 Å². The first-order valence-electron chi connectivity index (χ1n) is 8.10. The summed E-state index contributed by atoms with van der Waals surface area (Å²) in [6, 6.07) is 14.8. The Bertz CT molecular complexity index is 948. The number of hydrogen-bond acceptors (Lipinski definition) is 4. The summed E-state index contributed by atoms with van der Waals surface area (Å²) in [7, 11) is 1.67. The minimum atomic E-state index is -0.738. The number of carbonyl (C=O) groups excluding carboxylic acids is 1. The SMILES string of the molecule is C[C@@H](c1ccccc1)N(C)C(=O)Cn1nc(-c2ccc(F)cc2)oc1=O. The molecule has 0 radical (unpaired) electrons. The van der Waals surface area contributed by atoms with Gasteiger partial charge in [-0.15, -0.1) is 5.10 Å². The Labute approximate surface area is 149 Å². The van der Waals surface area contributed by atoms with Gasteiger partial charge in [0.2, 0.25) is 11.8 Å². The van der Waals surface area contributed by atoms with E-state index in [1.54, 1.807) is 11.9 Å². The van der Waals surface area contributed by atoms with Crippen molar-refractivity contribution in [2.45, 2.75) is 19.5 Å². The molecule has 0 saturated heterocycles. The van der Waals surface area contributed by atoms with Gasteiger partial charge in [0.25, 0.3) is 0 Å². The number of likely N-dealkylation sites (N-methyl/N-ethyl adjacent to an activating group) is 1. The van der Waals surface area contributed by atoms with Crippen molar-refractivity contribution in [3.63, 3.8) is 0 Å². The van der Waals surface area contributed by atoms with E-state index in [4.69, 9.17) is 4.42 Å². The van der Waals surface area contributed by atoms with Crippen LogP contribution in [0.2, 0.25) is 0 Å². The van der Waals surface area contributed by atoms with Gasteiger partial charge in [-0.25, -0.2) is 9.18 Å². The summed E-state index contributed by atoms with van der Waals surface area (Å²) in [6.45, 7) is 1.67. The average Bonchev–Trinajstić information content (AvgIpc) is 3.02. The minimum Gasteiger partial charge on any atom is -0.388 e. The quantitative estimate of drug-likeness (QED) is 0.706. The van der Waals surface area contributed by atoms with Crippen molar-refractivity contribution < 1.29 is 13.6 Å². The Morgan fingerprint density at radius 2 is 1.85 bits per heavy atom. The van der Waals surface area contributed by atoms with E-state index in [1.807, 2.05) is 37.3 Å². The molecule has 2 aromatic carbocycles. The Balaban J connectivity index is 1.75. The van der Waals surface area contributed by atoms with E-state index < -0.39 is 11.6 Å². The van der Waals surface area contributed by atoms with E-state index in [0.29, 0.717) is 5.56 Å². The van der Waals surface area contributed by atoms with E-state index >= 15 is 0 Å². The van der Waals surface area contributed by atoms with Crippen LogP contribution in [-0.4, -0.2) is 27.6 Å². The zero-order valence-corrected chi connectivity index (χ0v) is 14.4. The summed E-state index contributed by atoms with van der Waals surface area (Å²) >= 11 is 0. The number of halogens is 1. The maximum absolute atomic E-state index is 13.0. The summed E-state index contributed by atoms with van der Waals surface area (Å²) in [5, 5.41) is 4.03. The molecule has 0 N–H and O–H groups in total. The van der Waals surface area contributed by atoms with Crippen LogP contribution >= 0.6 is 0 Å². The highest BCUT2D eigenvalue weighted by Crippen LogP contribution is 2.19. The Morgan fingerprint density at radius 3 is 2.50 bits per heavy atom. The van der Waals surface area contributed by atoms with E-state index in [0.717, 1.165) is 10.2 Å². The highest BCUT2D eigenvalue weighted by atomic mass is 19.1. The third-order valence-corrected chi connectivity index (χ3v) is 4.24. The number of carbonyl (C=O) groups is 1. The van der Waals surface area contributed by atoms with Crippen LogP contribution in [0.4, 0.5) is 4.39 Å². The molecule has 0 aliphatic carbocycles. The van der Waals surface area contributed by atoms with Crippen LogP contribution in [0.25, 0.3) is 11.5 Å². The molecule has 3 rings (SSSR count). The third kappa shape index (κ3) is 3.72. The number of hydrogen-bond donors (Lipinski definition) is 0. The molecular weight excluding hydrogens is 337 g/mol. The standard InChI is InChI=1S/C19H18FN3O3/c1-13(14-6-4-3-5-7-14)22(2)17(24)12-23-19(25)26-18(21-23)15-8-10-16(20)11-9-15/h3-11,13H,12H2,1-2H3/t13-/m0/s1. The monoisotopic (exact) mass is 355 g/mol. The van der Waals surface area contributed by atoms with Crippen molar-refractivity contribution >= 4 is 5.91 Å². The predicted molar refractivity (Wildman–Crippen MR) is 93.8 cm³/mol. The first-order valence-corrected chi connectivity index (χ1v) is 8.10. The molecule has 0 spiro atoms. The van der Waals surface area contributed by atoms with Crippen LogP contribution in [0.5, 0.6) is 0 Å². The predicted octanol–water partition coefficient (Wildman–Crippen LogP) is 2.86. The maximum Gasteiger partial charge on any atom is 0.437 e. The lowest BCUT2D eigenvalue weighted by Crippen LogP contribution is -2.35. The maximum atomic E-state index is 13.0. The molecule has 0 aliphatic heterocycles. The van der Waals surface area contributed by atoms with E-state index in [-0.39, 0.29) is 24.4 Å². The zero-order valence-electron chi connectivity index (χ0n) is 14.4. The Kier molecular flexibility index (Phi) is 4.97. The number of aromatic nitrogens is 2. The van der Waals surface area contributed by atoms with E-state index in [2.05, 4.69) is 5.10 Å². The van der Waals surface area contributed by atoms with Crippen LogP contribution in [0, 0.1) is 5.82 Å². The van der Waals surface area contributed by atoms with Gasteiger partial charge in [0, 0.05) is 12.6 Å². The van der Waals surface area contributed by atoms with E-state index in [9.17, 15) is 14.0 Å². The molecule has 1 heterocycles. The topological polar surface area (TPSA) is 68.3 Å². The van der Waals surface area contributed by atoms with Gasteiger partial charge in [0.15, 0.2) is 0 Å². The summed E-state index contributed by atoms with van der Waals surface area (Å²) in [5.41, 5.74) is 1.45. The summed E-state index contributed by atoms with van der Waals surface area (Å²) < 4.78 is 19.0. The van der Waals surface area contributed by atoms with Gasteiger partial charge in [0.05, 0.1) is 6.04 Å². The van der Waals surface area contributed by atoms with Gasteiger partial charge in [-0.1, -0.05) is 30.3 Å². The lowest BCUT2D eigenvalue weighted by Gasteiger charge is -2.25. The van der Waals surface area contributed by atoms with Crippen molar-refractivity contribution in [2.75, 3.05) is 7.05 Å². The van der Waals surface area contributed by atoms with Crippen molar-refractivity contribution in [1.82, 2.24) is 14.7 Å². The molecule has 6 nitrogen and oxygen atoms in total. The zero-order chi connectivity index (χ0) is 18.7. The molecule has 3 aromatic rings. The van der Waals surface area contributed by atoms with Crippen molar-refractivity contribution in [3.8, 4) is 11.5 Å². The number of rotatable bonds is 5. The second-order valence-corrected chi connectivity index (χ2v) is 5.93. The average molecular weight is 355 g/mol. The summed E-state index contributed by atoms with van der Waals surface area (Å²) in [4.78, 5) is 26.0. The number of amides is 1. The fourth-order valence-electron chi connectivity index (χ4n) is 2.53. The molecule has 0 unspecified atom stereocenters. The molecule has 26 heavy (non-hydrogen) atoms. The smallest absolute Gasteiger partial charge is 0.388 e. The summed E-state index contributed by atoms with van der Waals surface area (Å²) in [6.07, 6.45) is 0. The minimum absolute atomic E-state index is 0.0431. The van der Waals surface area contributed by atoms with Crippen molar-refractivity contribution in [1.29, 1.82) is 0 Å². The van der Waals surface area contributed by atoms with Gasteiger partial charge in [0.1, 0.15) is 12.4 Å². The van der Waals surface area contributed by atoms with Crippen LogP contribution < -0.4 is 5.76 Å². The van der Waals surface area contributed by atoms with Crippen LogP contribution in [0.15, 0.2) is 63.8 Å². The van der Waals surface area contributed by atoms with Crippen LogP contribution in [0.3, 0.4) is 0 Å². The highest BCUT2D eigenvalue weighted by molar-refractivity contribution is 5.76. The fraction of sp³-hybridized carbons (Fsp3) is 0.211. The molecule has 1 atom stereocenters. The largest absolute Gasteiger partial charge is 0.437 e. The van der Waals surface area contributed by atoms with Gasteiger partial charge in [-0.05, 0) is 36.8 Å². The lowest BCUT2D eigenvalue weighted by molar-refractivity contribution is -0.132. The van der Waals surface area contributed by atoms with Gasteiger partial charge >= 0.3 is 5.76 Å². The number of nitrogens with zero attached hydrogens (tertiary/aromatic N) is 3. The lowest BCUT2D eigenvalue weighted by atomic mass is 10.1. The second-order valence-electron chi connectivity index (χ2n) is 5.93. The molecule has 1 aromatic heterocycles. The molecule has 0 fully saturated rings. The Morgan fingerprint density at radius 1 is 1.19 bits per heavy atom. The fourth-order valence-corrected chi connectivity index (χ4v) is 2.53. The second kappa shape index (κ2) is 7.35. The normalized spacial score (nSPS) is 12.0. The molecule has 0 bridgehead atoms. The first kappa shape index (κ1) is 17.6. The molecule has 134 valence electrons. The van der Waals surface area contributed by atoms with Crippen molar-refractivity contribution in [3.05, 3.63) is 76.5 Å². The molecule has 0 saturated carbocycles. The molecule has 0 aliphatic rings. The highest BCUT2D eigenvalue weighted by Gasteiger charge is 2.20. The van der Waals surface area contributed by atoms with E-state index in [1.165, 1.54) is 24.3 Å².